The summed E-state index contributed by atoms with van der Waals surface area (Å²) in [7, 11) is 0. The second-order valence-electron chi connectivity index (χ2n) is 15.5. The van der Waals surface area contributed by atoms with Crippen LogP contribution in [0.5, 0.6) is 0 Å². The van der Waals surface area contributed by atoms with E-state index in [1.54, 1.807) is 6.07 Å². The van der Waals surface area contributed by atoms with Crippen LogP contribution in [0.3, 0.4) is 0 Å². The first kappa shape index (κ1) is 39.1. The molecule has 0 bridgehead atoms. The molecule has 3 aromatic carbocycles. The first-order chi connectivity index (χ1) is 27.2. The summed E-state index contributed by atoms with van der Waals surface area (Å²) in [6.07, 6.45) is 4.39. The lowest BCUT2D eigenvalue weighted by molar-refractivity contribution is 0.0904. The van der Waals surface area contributed by atoms with E-state index in [1.807, 2.05) is 42.1 Å². The summed E-state index contributed by atoms with van der Waals surface area (Å²) in [5.41, 5.74) is 9.97. The Morgan fingerprint density at radius 3 is 2.16 bits per heavy atom. The number of fused-ring (bicyclic) bond motifs is 1. The number of ether oxygens (including phenoxy) is 1. The Hall–Kier alpha value is -5.10. The molecule has 4 heterocycles. The van der Waals surface area contributed by atoms with E-state index in [0.717, 1.165) is 82.7 Å². The summed E-state index contributed by atoms with van der Waals surface area (Å²) in [5.74, 6) is -0.476. The Kier molecular flexibility index (Phi) is 12.4. The molecule has 294 valence electrons. The quantitative estimate of drug-likeness (QED) is 0.106. The van der Waals surface area contributed by atoms with E-state index >= 15 is 0 Å². The number of hydrogen-bond donors (Lipinski definition) is 4. The molecule has 2 aromatic heterocycles. The van der Waals surface area contributed by atoms with Crippen molar-refractivity contribution < 1.29 is 14.3 Å². The van der Waals surface area contributed by atoms with Crippen LogP contribution in [0.25, 0.3) is 22.2 Å². The fourth-order valence-electron chi connectivity index (χ4n) is 8.24. The minimum Gasteiger partial charge on any atom is -0.381 e. The lowest BCUT2D eigenvalue weighted by Crippen LogP contribution is -2.53. The second kappa shape index (κ2) is 17.8. The number of aryl methyl sites for hydroxylation is 3. The third kappa shape index (κ3) is 9.29. The van der Waals surface area contributed by atoms with Crippen molar-refractivity contribution in [3.63, 3.8) is 0 Å². The molecule has 56 heavy (non-hydrogen) atoms. The van der Waals surface area contributed by atoms with Gasteiger partial charge in [-0.1, -0.05) is 43.3 Å². The van der Waals surface area contributed by atoms with E-state index in [4.69, 9.17) is 9.72 Å². The molecule has 2 saturated heterocycles. The van der Waals surface area contributed by atoms with Gasteiger partial charge in [-0.25, -0.2) is 9.67 Å². The van der Waals surface area contributed by atoms with Crippen molar-refractivity contribution in [1.82, 2.24) is 35.6 Å². The molecular formula is C45H56N8O3. The Morgan fingerprint density at radius 2 is 1.50 bits per heavy atom. The number of aromatic nitrogens is 3. The number of carbonyl (C=O) groups excluding carboxylic acids is 2. The first-order valence-corrected chi connectivity index (χ1v) is 20.2. The normalized spacial score (nSPS) is 17.9. The summed E-state index contributed by atoms with van der Waals surface area (Å²) in [4.78, 5) is 34.8. The van der Waals surface area contributed by atoms with E-state index in [2.05, 4.69) is 95.4 Å². The smallest absolute Gasteiger partial charge is 0.251 e. The van der Waals surface area contributed by atoms with E-state index < -0.39 is 0 Å². The first-order valence-electron chi connectivity index (χ1n) is 20.2. The van der Waals surface area contributed by atoms with Crippen LogP contribution in [0.1, 0.15) is 89.2 Å². The summed E-state index contributed by atoms with van der Waals surface area (Å²) in [5, 5.41) is 19.2. The monoisotopic (exact) mass is 756 g/mol. The predicted molar refractivity (Wildman–Crippen MR) is 223 cm³/mol. The maximum atomic E-state index is 13.8. The maximum Gasteiger partial charge on any atom is 0.251 e. The molecule has 0 aliphatic carbocycles. The lowest BCUT2D eigenvalue weighted by atomic mass is 10.0. The molecule has 11 heteroatoms. The van der Waals surface area contributed by atoms with Gasteiger partial charge in [-0.3, -0.25) is 14.5 Å². The molecule has 7 rings (SSSR count). The van der Waals surface area contributed by atoms with Crippen LogP contribution >= 0.6 is 0 Å². The molecule has 4 N–H and O–H groups in total. The van der Waals surface area contributed by atoms with Gasteiger partial charge in [-0.2, -0.15) is 5.10 Å². The van der Waals surface area contributed by atoms with Crippen LogP contribution in [-0.2, 0) is 37.3 Å². The average Bonchev–Trinajstić information content (AvgIpc) is 3.62. The molecule has 0 unspecified atom stereocenters. The van der Waals surface area contributed by atoms with Crippen LogP contribution in [0.15, 0.2) is 72.9 Å². The largest absolute Gasteiger partial charge is 0.381 e. The molecule has 2 fully saturated rings. The molecule has 0 radical (unpaired) electrons. The number of pyridine rings is 1. The van der Waals surface area contributed by atoms with Crippen LogP contribution in [0.4, 0.5) is 5.69 Å². The van der Waals surface area contributed by atoms with Gasteiger partial charge >= 0.3 is 0 Å². The Balaban J connectivity index is 1.02. The Labute approximate surface area is 330 Å². The van der Waals surface area contributed by atoms with Crippen LogP contribution < -0.4 is 21.3 Å². The fourth-order valence-corrected chi connectivity index (χ4v) is 8.24. The van der Waals surface area contributed by atoms with Gasteiger partial charge < -0.3 is 26.0 Å². The van der Waals surface area contributed by atoms with Crippen molar-refractivity contribution in [3.8, 4) is 11.1 Å². The van der Waals surface area contributed by atoms with Crippen molar-refractivity contribution >= 4 is 28.5 Å². The molecule has 2 amide bonds. The van der Waals surface area contributed by atoms with Crippen molar-refractivity contribution in [2.24, 2.45) is 0 Å². The van der Waals surface area contributed by atoms with E-state index in [0.29, 0.717) is 55.9 Å². The maximum absolute atomic E-state index is 13.8. The second-order valence-corrected chi connectivity index (χ2v) is 15.5. The van der Waals surface area contributed by atoms with Crippen LogP contribution in [0.2, 0.25) is 0 Å². The summed E-state index contributed by atoms with van der Waals surface area (Å²) in [6, 6.07) is 23.6. The molecule has 5 aromatic rings. The molecule has 0 saturated carbocycles. The van der Waals surface area contributed by atoms with Crippen LogP contribution in [-0.4, -0.2) is 75.9 Å². The van der Waals surface area contributed by atoms with Gasteiger partial charge in [-0.15, -0.1) is 0 Å². The highest BCUT2D eigenvalue weighted by Gasteiger charge is 2.23. The molecular weight excluding hydrogens is 701 g/mol. The highest BCUT2D eigenvalue weighted by molar-refractivity contribution is 6.00. The SMILES string of the molecule is CCc1nc2c(cnn2CC)c(NC2CCOCC2)c1CNC(=O)c1cc(C)cc(C(=O)NCc2cccc(-c3cccc(CN4C[C@@H](C)N[C@@H](C)C4)c3)c2)c1. The zero-order valence-corrected chi connectivity index (χ0v) is 33.5. The predicted octanol–water partition coefficient (Wildman–Crippen LogP) is 6.62. The number of hydrogen-bond acceptors (Lipinski definition) is 8. The van der Waals surface area contributed by atoms with Crippen LogP contribution in [0, 0.1) is 6.92 Å². The summed E-state index contributed by atoms with van der Waals surface area (Å²) < 4.78 is 7.53. The number of rotatable bonds is 13. The van der Waals surface area contributed by atoms with Gasteiger partial charge in [0.15, 0.2) is 5.65 Å². The topological polar surface area (TPSA) is 125 Å². The number of amides is 2. The molecule has 0 spiro atoms. The van der Waals surface area contributed by atoms with Crippen molar-refractivity contribution in [2.45, 2.75) is 98.2 Å². The third-order valence-corrected chi connectivity index (χ3v) is 10.9. The van der Waals surface area contributed by atoms with Crippen molar-refractivity contribution in [3.05, 3.63) is 112 Å². The highest BCUT2D eigenvalue weighted by atomic mass is 16.5. The fraction of sp³-hybridized carbons (Fsp3) is 0.422. The number of carbonyl (C=O) groups is 2. The number of nitrogens with one attached hydrogen (secondary N) is 4. The Bertz CT molecular complexity index is 2160. The van der Waals surface area contributed by atoms with Gasteiger partial charge in [0.05, 0.1) is 17.3 Å². The van der Waals surface area contributed by atoms with Crippen molar-refractivity contribution in [2.75, 3.05) is 31.6 Å². The number of benzene rings is 3. The minimum atomic E-state index is -0.248. The number of nitrogens with zero attached hydrogens (tertiary/aromatic N) is 4. The highest BCUT2D eigenvalue weighted by Crippen LogP contribution is 2.31. The van der Waals surface area contributed by atoms with Gasteiger partial charge in [0.2, 0.25) is 0 Å². The third-order valence-electron chi connectivity index (χ3n) is 10.9. The van der Waals surface area contributed by atoms with Gasteiger partial charge in [-0.05, 0) is 105 Å². The van der Waals surface area contributed by atoms with Gasteiger partial charge in [0.25, 0.3) is 11.8 Å². The summed E-state index contributed by atoms with van der Waals surface area (Å²) in [6.45, 7) is 16.3. The molecule has 2 atom stereocenters. The molecule has 11 nitrogen and oxygen atoms in total. The van der Waals surface area contributed by atoms with Crippen molar-refractivity contribution in [1.29, 1.82) is 0 Å². The molecule has 2 aliphatic rings. The van der Waals surface area contributed by atoms with E-state index in [9.17, 15) is 9.59 Å². The average molecular weight is 757 g/mol. The Morgan fingerprint density at radius 1 is 0.857 bits per heavy atom. The zero-order valence-electron chi connectivity index (χ0n) is 33.5. The molecule has 2 aliphatic heterocycles. The van der Waals surface area contributed by atoms with E-state index in [1.165, 1.54) is 5.56 Å². The summed E-state index contributed by atoms with van der Waals surface area (Å²) >= 11 is 0. The lowest BCUT2D eigenvalue weighted by Gasteiger charge is -2.36. The van der Waals surface area contributed by atoms with E-state index in [-0.39, 0.29) is 24.4 Å². The number of anilines is 1. The van der Waals surface area contributed by atoms with Gasteiger partial charge in [0.1, 0.15) is 0 Å². The standard InChI is InChI=1S/C45H56N8O3/c1-6-41-39(42(50-38-14-16-56-17-15-38)40-25-48-53(7-2)43(40)51-41)24-47-45(55)37-19-29(3)18-36(22-37)44(54)46-23-32-10-8-12-34(20-32)35-13-9-11-33(21-35)28-52-26-30(4)49-31(5)27-52/h8-13,18-22,25,30-31,38,49H,6-7,14-17,23-24,26-28H2,1-5H3,(H,46,54)(H,47,55)(H,50,51)/t30-,31+. The number of piperazine rings is 1. The zero-order chi connectivity index (χ0) is 39.2. The van der Waals surface area contributed by atoms with Gasteiger partial charge in [0, 0.05) is 93.0 Å². The minimum absolute atomic E-state index is 0.228.